The molecule has 0 radical (unpaired) electrons. The predicted molar refractivity (Wildman–Crippen MR) is 98.5 cm³/mol. The molecule has 0 atom stereocenters. The Kier molecular flexibility index (Phi) is 6.08. The normalized spacial score (nSPS) is 10.6. The third-order valence-corrected chi connectivity index (χ3v) is 4.13. The van der Waals surface area contributed by atoms with Crippen LogP contribution in [0.15, 0.2) is 53.1 Å². The van der Waals surface area contributed by atoms with Crippen LogP contribution in [0.3, 0.4) is 0 Å². The Morgan fingerprint density at radius 1 is 1.15 bits per heavy atom. The molecule has 140 valence electrons. The van der Waals surface area contributed by atoms with Gasteiger partial charge in [0.1, 0.15) is 28.6 Å². The number of carbonyl (C=O) groups is 1. The van der Waals surface area contributed by atoms with E-state index in [0.717, 1.165) is 0 Å². The van der Waals surface area contributed by atoms with Crippen molar-refractivity contribution in [1.82, 2.24) is 5.16 Å². The van der Waals surface area contributed by atoms with Crippen molar-refractivity contribution in [1.29, 1.82) is 0 Å². The van der Waals surface area contributed by atoms with Gasteiger partial charge in [-0.2, -0.15) is 0 Å². The van der Waals surface area contributed by atoms with Gasteiger partial charge >= 0.3 is 5.97 Å². The number of hydrogen-bond acceptors (Lipinski definition) is 5. The van der Waals surface area contributed by atoms with Gasteiger partial charge in [0.05, 0.1) is 18.2 Å². The number of ether oxygens (including phenoxy) is 2. The van der Waals surface area contributed by atoms with Crippen LogP contribution in [0, 0.1) is 12.7 Å². The van der Waals surface area contributed by atoms with Crippen molar-refractivity contribution < 1.29 is 23.2 Å². The van der Waals surface area contributed by atoms with E-state index in [0.29, 0.717) is 40.8 Å². The molecule has 3 rings (SSSR count). The van der Waals surface area contributed by atoms with Gasteiger partial charge in [-0.1, -0.05) is 35.0 Å². The van der Waals surface area contributed by atoms with Gasteiger partial charge < -0.3 is 14.0 Å². The van der Waals surface area contributed by atoms with E-state index in [-0.39, 0.29) is 18.0 Å². The molecule has 0 saturated heterocycles. The van der Waals surface area contributed by atoms with Crippen molar-refractivity contribution in [3.8, 4) is 17.0 Å². The van der Waals surface area contributed by atoms with Gasteiger partial charge in [0.15, 0.2) is 0 Å². The molecule has 0 bridgehead atoms. The molecule has 5 nitrogen and oxygen atoms in total. The Morgan fingerprint density at radius 3 is 2.63 bits per heavy atom. The van der Waals surface area contributed by atoms with E-state index >= 15 is 0 Å². The topological polar surface area (TPSA) is 61.6 Å². The molecule has 1 heterocycles. The molecule has 0 spiro atoms. The predicted octanol–water partition coefficient (Wildman–Crippen LogP) is 5.07. The minimum Gasteiger partial charge on any atom is -0.493 e. The maximum atomic E-state index is 12.8. The molecule has 0 aliphatic rings. The van der Waals surface area contributed by atoms with E-state index in [4.69, 9.17) is 25.6 Å². The summed E-state index contributed by atoms with van der Waals surface area (Å²) in [6.45, 7) is 2.13. The Balaban J connectivity index is 1.56. The summed E-state index contributed by atoms with van der Waals surface area (Å²) in [6.07, 6.45) is 0.481. The Hall–Kier alpha value is -2.86. The Labute approximate surface area is 160 Å². The minimum atomic E-state index is -0.537. The molecular weight excluding hydrogens is 373 g/mol. The number of aromatic nitrogens is 1. The Bertz CT molecular complexity index is 924. The fraction of sp³-hybridized carbons (Fsp3) is 0.200. The average Bonchev–Trinajstić information content (AvgIpc) is 3.04. The van der Waals surface area contributed by atoms with Crippen molar-refractivity contribution >= 4 is 17.6 Å². The lowest BCUT2D eigenvalue weighted by Gasteiger charge is -2.08. The molecule has 0 amide bonds. The first-order valence-electron chi connectivity index (χ1n) is 8.33. The quantitative estimate of drug-likeness (QED) is 0.417. The van der Waals surface area contributed by atoms with Gasteiger partial charge in [0.2, 0.25) is 0 Å². The van der Waals surface area contributed by atoms with Gasteiger partial charge in [0, 0.05) is 12.0 Å². The molecule has 0 N–H and O–H groups in total. The van der Waals surface area contributed by atoms with Crippen LogP contribution < -0.4 is 4.74 Å². The zero-order valence-corrected chi connectivity index (χ0v) is 15.3. The highest BCUT2D eigenvalue weighted by Crippen LogP contribution is 2.31. The fourth-order valence-corrected chi connectivity index (χ4v) is 2.69. The molecule has 0 aliphatic carbocycles. The fourth-order valence-electron chi connectivity index (χ4n) is 2.47. The first kappa shape index (κ1) is 18.9. The lowest BCUT2D eigenvalue weighted by Crippen LogP contribution is -2.10. The first-order valence-corrected chi connectivity index (χ1v) is 8.70. The van der Waals surface area contributed by atoms with Crippen molar-refractivity contribution in [2.75, 3.05) is 13.2 Å². The highest BCUT2D eigenvalue weighted by Gasteiger charge is 2.24. The van der Waals surface area contributed by atoms with Gasteiger partial charge in [-0.05, 0) is 37.3 Å². The van der Waals surface area contributed by atoms with Crippen LogP contribution in [-0.2, 0) is 4.74 Å². The number of nitrogens with zero attached hydrogens (tertiary/aromatic N) is 1. The number of carbonyl (C=O) groups excluding carboxylic acids is 1. The summed E-state index contributed by atoms with van der Waals surface area (Å²) in [4.78, 5) is 12.5. The molecule has 7 heteroatoms. The van der Waals surface area contributed by atoms with E-state index in [9.17, 15) is 9.18 Å². The molecule has 0 aliphatic heterocycles. The highest BCUT2D eigenvalue weighted by molar-refractivity contribution is 6.33. The summed E-state index contributed by atoms with van der Waals surface area (Å²) in [5.74, 6) is 0.0521. The zero-order valence-electron chi connectivity index (χ0n) is 14.6. The molecule has 2 aromatic carbocycles. The van der Waals surface area contributed by atoms with Crippen LogP contribution >= 0.6 is 11.6 Å². The van der Waals surface area contributed by atoms with E-state index in [1.165, 1.54) is 24.3 Å². The van der Waals surface area contributed by atoms with Gasteiger partial charge in [0.25, 0.3) is 0 Å². The second kappa shape index (κ2) is 8.68. The van der Waals surface area contributed by atoms with Crippen LogP contribution in [0.25, 0.3) is 11.3 Å². The molecule has 27 heavy (non-hydrogen) atoms. The van der Waals surface area contributed by atoms with Crippen molar-refractivity contribution in [2.45, 2.75) is 13.3 Å². The smallest absolute Gasteiger partial charge is 0.344 e. The SMILES string of the molecule is Cc1onc(-c2ccccc2Cl)c1C(=O)OCCCOc1ccc(F)cc1. The van der Waals surface area contributed by atoms with Gasteiger partial charge in [-0.15, -0.1) is 0 Å². The molecule has 0 saturated carbocycles. The van der Waals surface area contributed by atoms with Crippen LogP contribution in [0.2, 0.25) is 5.02 Å². The summed E-state index contributed by atoms with van der Waals surface area (Å²) < 4.78 is 28.8. The second-order valence-corrected chi connectivity index (χ2v) is 6.14. The second-order valence-electron chi connectivity index (χ2n) is 5.73. The third-order valence-electron chi connectivity index (χ3n) is 3.80. The van der Waals surface area contributed by atoms with Crippen LogP contribution in [0.4, 0.5) is 4.39 Å². The lowest BCUT2D eigenvalue weighted by molar-refractivity contribution is 0.0485. The standard InChI is InChI=1S/C20H17ClFNO4/c1-13-18(19(23-27-13)16-5-2-3-6-17(16)21)20(24)26-12-4-11-25-15-9-7-14(22)8-10-15/h2-3,5-10H,4,11-12H2,1H3. The molecule has 0 fully saturated rings. The molecule has 1 aromatic heterocycles. The zero-order chi connectivity index (χ0) is 19.2. The summed E-state index contributed by atoms with van der Waals surface area (Å²) in [5.41, 5.74) is 1.20. The highest BCUT2D eigenvalue weighted by atomic mass is 35.5. The number of rotatable bonds is 7. The maximum absolute atomic E-state index is 12.8. The maximum Gasteiger partial charge on any atom is 0.344 e. The number of esters is 1. The monoisotopic (exact) mass is 389 g/mol. The number of halogens is 2. The van der Waals surface area contributed by atoms with Gasteiger partial charge in [-0.25, -0.2) is 9.18 Å². The van der Waals surface area contributed by atoms with E-state index in [2.05, 4.69) is 5.16 Å². The summed E-state index contributed by atoms with van der Waals surface area (Å²) in [6, 6.07) is 12.8. The van der Waals surface area contributed by atoms with Crippen LogP contribution in [0.1, 0.15) is 22.5 Å². The summed E-state index contributed by atoms with van der Waals surface area (Å²) >= 11 is 6.18. The number of aryl methyl sites for hydroxylation is 1. The van der Waals surface area contributed by atoms with Gasteiger partial charge in [-0.3, -0.25) is 0 Å². The van der Waals surface area contributed by atoms with Crippen LogP contribution in [-0.4, -0.2) is 24.3 Å². The van der Waals surface area contributed by atoms with Crippen LogP contribution in [0.5, 0.6) is 5.75 Å². The van der Waals surface area contributed by atoms with Crippen molar-refractivity contribution in [3.63, 3.8) is 0 Å². The Morgan fingerprint density at radius 2 is 1.89 bits per heavy atom. The molecule has 0 unspecified atom stereocenters. The first-order chi connectivity index (χ1) is 13.1. The largest absolute Gasteiger partial charge is 0.493 e. The third kappa shape index (κ3) is 4.65. The molecular formula is C20H17ClFNO4. The van der Waals surface area contributed by atoms with E-state index in [1.807, 2.05) is 0 Å². The number of benzene rings is 2. The molecule has 3 aromatic rings. The summed E-state index contributed by atoms with van der Waals surface area (Å²) in [7, 11) is 0. The number of hydrogen-bond donors (Lipinski definition) is 0. The lowest BCUT2D eigenvalue weighted by atomic mass is 10.1. The van der Waals surface area contributed by atoms with Crippen molar-refractivity contribution in [2.24, 2.45) is 0 Å². The summed E-state index contributed by atoms with van der Waals surface area (Å²) in [5, 5.41) is 4.41. The minimum absolute atomic E-state index is 0.159. The van der Waals surface area contributed by atoms with E-state index < -0.39 is 5.97 Å². The van der Waals surface area contributed by atoms with E-state index in [1.54, 1.807) is 31.2 Å². The van der Waals surface area contributed by atoms with Crippen molar-refractivity contribution in [3.05, 3.63) is 70.7 Å². The average molecular weight is 390 g/mol.